The topological polar surface area (TPSA) is 217 Å². The molecule has 2 aliphatic rings. The van der Waals surface area contributed by atoms with E-state index in [0.717, 1.165) is 6.21 Å². The summed E-state index contributed by atoms with van der Waals surface area (Å²) in [5, 5.41) is 80.4. The van der Waals surface area contributed by atoms with Crippen molar-refractivity contribution in [1.29, 1.82) is 0 Å². The van der Waals surface area contributed by atoms with E-state index in [1.165, 1.54) is 33.9 Å². The number of ketones is 1. The number of carbonyl (C=O) groups excluding carboxylic acids is 1. The average molecular weight is 737 g/mol. The molecule has 0 aliphatic heterocycles. The molecule has 268 valence electrons. The standard InChI is InChI=1S/C38H46N2O10.2Na/c1-15(2)23-19-11-17(5)25(31(43)27(19)21(29(41)33(23)45)13-39-37(7,8)35(47)48)26-18(6)12-20-24(16(3)4)34(46)30(42)22(28(20)32(26)44)14-40-38(9,10)36(49)50;;/h11-16,27,33,39,42-46H,1-10H3,(H,47,48)(H,49,50);;/q;2*+1/b21-13-,40-14?;;. The van der Waals surface area contributed by atoms with Crippen molar-refractivity contribution in [3.63, 3.8) is 0 Å². The summed E-state index contributed by atoms with van der Waals surface area (Å²) < 4.78 is 0. The molecule has 0 spiro atoms. The zero-order chi connectivity index (χ0) is 37.9. The molecule has 0 saturated carbocycles. The van der Waals surface area contributed by atoms with Gasteiger partial charge < -0.3 is 41.1 Å². The number of rotatable bonds is 9. The van der Waals surface area contributed by atoms with Gasteiger partial charge in [0.15, 0.2) is 22.8 Å². The summed E-state index contributed by atoms with van der Waals surface area (Å²) >= 11 is 0. The largest absolute Gasteiger partial charge is 1.00 e. The van der Waals surface area contributed by atoms with Crippen LogP contribution in [0.4, 0.5) is 0 Å². The third kappa shape index (κ3) is 7.75. The van der Waals surface area contributed by atoms with Crippen molar-refractivity contribution in [2.75, 3.05) is 0 Å². The molecule has 12 nitrogen and oxygen atoms in total. The Morgan fingerprint density at radius 2 is 1.48 bits per heavy atom. The van der Waals surface area contributed by atoms with Crippen LogP contribution in [0.25, 0.3) is 16.3 Å². The summed E-state index contributed by atoms with van der Waals surface area (Å²) in [6, 6.07) is 1.68. The number of nitrogens with one attached hydrogen (secondary N) is 1. The molecule has 52 heavy (non-hydrogen) atoms. The minimum absolute atomic E-state index is 0. The Labute approximate surface area is 347 Å². The number of aliphatic hydroxyl groups is 2. The number of fused-ring (bicyclic) bond motifs is 2. The third-order valence-electron chi connectivity index (χ3n) is 9.48. The fraction of sp³-hybridized carbons (Fsp3) is 0.421. The number of aromatic hydroxyl groups is 3. The number of Topliss-reactive ketones (excluding diaryl/α,β-unsaturated/α-hetero) is 1. The number of allylic oxidation sites excluding steroid dienone is 4. The number of hydrogen-bond donors (Lipinski definition) is 8. The van der Waals surface area contributed by atoms with Crippen LogP contribution in [0.5, 0.6) is 17.2 Å². The molecular formula is C38H46N2Na2O10+2. The van der Waals surface area contributed by atoms with Gasteiger partial charge in [0, 0.05) is 45.6 Å². The number of carboxylic acids is 2. The minimum Gasteiger partial charge on any atom is -0.511 e. The maximum absolute atomic E-state index is 13.7. The smallest absolute Gasteiger partial charge is 0.511 e. The van der Waals surface area contributed by atoms with Gasteiger partial charge in [-0.1, -0.05) is 39.8 Å². The van der Waals surface area contributed by atoms with Crippen LogP contribution in [0.15, 0.2) is 51.4 Å². The number of hydrogen-bond acceptors (Lipinski definition) is 10. The summed E-state index contributed by atoms with van der Waals surface area (Å²) in [7, 11) is 0. The van der Waals surface area contributed by atoms with E-state index in [1.807, 2.05) is 0 Å². The van der Waals surface area contributed by atoms with Crippen molar-refractivity contribution in [2.45, 2.75) is 92.3 Å². The van der Waals surface area contributed by atoms with Crippen molar-refractivity contribution < 1.29 is 109 Å². The molecule has 0 amide bonds. The number of phenols is 3. The maximum atomic E-state index is 13.7. The van der Waals surface area contributed by atoms with E-state index >= 15 is 0 Å². The number of aliphatic carboxylic acids is 2. The van der Waals surface area contributed by atoms with Gasteiger partial charge in [-0.05, 0) is 81.0 Å². The summed E-state index contributed by atoms with van der Waals surface area (Å²) in [5.74, 6) is -6.80. The number of nitrogens with zero attached hydrogens (tertiary/aromatic N) is 1. The quantitative estimate of drug-likeness (QED) is 0.0728. The fourth-order valence-electron chi connectivity index (χ4n) is 6.59. The second kappa shape index (κ2) is 16.1. The molecule has 2 unspecified atom stereocenters. The molecule has 2 aliphatic carbocycles. The Morgan fingerprint density at radius 3 is 1.98 bits per heavy atom. The average Bonchev–Trinajstić information content (AvgIpc) is 2.99. The molecular weight excluding hydrogens is 690 g/mol. The van der Waals surface area contributed by atoms with Crippen LogP contribution in [0.3, 0.4) is 0 Å². The molecule has 0 aromatic heterocycles. The zero-order valence-electron chi connectivity index (χ0n) is 31.9. The van der Waals surface area contributed by atoms with Crippen molar-refractivity contribution in [3.05, 3.63) is 68.6 Å². The van der Waals surface area contributed by atoms with Gasteiger partial charge in [-0.15, -0.1) is 0 Å². The molecule has 0 heterocycles. The van der Waals surface area contributed by atoms with E-state index in [9.17, 15) is 50.1 Å². The first-order valence-corrected chi connectivity index (χ1v) is 16.3. The Bertz CT molecular complexity index is 2000. The van der Waals surface area contributed by atoms with E-state index in [-0.39, 0.29) is 104 Å². The molecule has 0 saturated heterocycles. The zero-order valence-corrected chi connectivity index (χ0v) is 35.9. The molecule has 2 atom stereocenters. The predicted octanol–water partition coefficient (Wildman–Crippen LogP) is -0.243. The molecule has 0 radical (unpaired) electrons. The summed E-state index contributed by atoms with van der Waals surface area (Å²) in [5.41, 5.74) is -0.984. The number of phenolic OH excluding ortho intramolecular Hbond substituents is 3. The number of aryl methyl sites for hydroxylation is 1. The molecule has 4 rings (SSSR count). The van der Waals surface area contributed by atoms with E-state index < -0.39 is 58.1 Å². The van der Waals surface area contributed by atoms with Crippen molar-refractivity contribution in [3.8, 4) is 17.2 Å². The van der Waals surface area contributed by atoms with E-state index in [2.05, 4.69) is 10.3 Å². The van der Waals surface area contributed by atoms with Crippen molar-refractivity contribution in [2.24, 2.45) is 16.8 Å². The van der Waals surface area contributed by atoms with E-state index in [4.69, 9.17) is 0 Å². The van der Waals surface area contributed by atoms with Gasteiger partial charge in [-0.3, -0.25) is 9.79 Å². The maximum Gasteiger partial charge on any atom is 1.00 e. The van der Waals surface area contributed by atoms with Gasteiger partial charge in [0.05, 0.1) is 5.92 Å². The van der Waals surface area contributed by atoms with Crippen LogP contribution in [-0.4, -0.2) is 76.9 Å². The van der Waals surface area contributed by atoms with Gasteiger partial charge in [-0.2, -0.15) is 0 Å². The number of carboxylic acid groups (broad SMARTS) is 2. The Kier molecular flexibility index (Phi) is 13.9. The molecule has 0 bridgehead atoms. The molecule has 2 aromatic rings. The first kappa shape index (κ1) is 45.1. The second-order valence-corrected chi connectivity index (χ2v) is 14.7. The monoisotopic (exact) mass is 736 g/mol. The number of benzene rings is 2. The molecule has 14 heteroatoms. The number of aliphatic imine (C=N–C) groups is 1. The number of aliphatic hydroxyl groups excluding tert-OH is 2. The molecule has 2 aromatic carbocycles. The van der Waals surface area contributed by atoms with Crippen LogP contribution in [0, 0.1) is 18.8 Å². The Morgan fingerprint density at radius 1 is 0.904 bits per heavy atom. The van der Waals surface area contributed by atoms with Crippen LogP contribution in [0.1, 0.15) is 90.5 Å². The summed E-state index contributed by atoms with van der Waals surface area (Å²) in [4.78, 5) is 41.6. The SMILES string of the molecule is CC1=CC2=C(C(C)C)C(O)C(=O)/C(=C\NC(C)(C)C(=O)O)C2C(O)=C1c1c(C)cc2c(C(C)C)c(O)c(O)c(C=NC(C)(C)C(=O)O)c2c1O.[Na+].[Na+]. The molecule has 8 N–H and O–H groups in total. The Balaban J connectivity index is 0.00000468. The van der Waals surface area contributed by atoms with Gasteiger partial charge in [0.25, 0.3) is 0 Å². The third-order valence-corrected chi connectivity index (χ3v) is 9.48. The van der Waals surface area contributed by atoms with Crippen LogP contribution in [0.2, 0.25) is 0 Å². The second-order valence-electron chi connectivity index (χ2n) is 14.7. The number of carbonyl (C=O) groups is 3. The first-order valence-electron chi connectivity index (χ1n) is 16.3. The minimum atomic E-state index is -1.63. The van der Waals surface area contributed by atoms with Crippen molar-refractivity contribution in [1.82, 2.24) is 5.32 Å². The van der Waals surface area contributed by atoms with Gasteiger partial charge in [0.1, 0.15) is 23.2 Å². The Hall–Kier alpha value is -3.10. The van der Waals surface area contributed by atoms with Crippen LogP contribution >= 0.6 is 0 Å². The predicted molar refractivity (Wildman–Crippen MR) is 190 cm³/mol. The van der Waals surface area contributed by atoms with Gasteiger partial charge >= 0.3 is 71.1 Å². The van der Waals surface area contributed by atoms with Gasteiger partial charge in [0.2, 0.25) is 0 Å². The van der Waals surface area contributed by atoms with Crippen LogP contribution in [-0.2, 0) is 14.4 Å². The molecule has 0 fully saturated rings. The van der Waals surface area contributed by atoms with Crippen molar-refractivity contribution >= 4 is 40.3 Å². The first-order chi connectivity index (χ1) is 23.0. The van der Waals surface area contributed by atoms with Crippen LogP contribution < -0.4 is 64.4 Å². The summed E-state index contributed by atoms with van der Waals surface area (Å²) in [6.07, 6.45) is 2.46. The van der Waals surface area contributed by atoms with E-state index in [0.29, 0.717) is 33.2 Å². The summed E-state index contributed by atoms with van der Waals surface area (Å²) in [6.45, 7) is 16.1. The van der Waals surface area contributed by atoms with Gasteiger partial charge in [-0.25, -0.2) is 9.59 Å². The van der Waals surface area contributed by atoms with E-state index in [1.54, 1.807) is 53.7 Å². The normalized spacial score (nSPS) is 18.9. The fourth-order valence-corrected chi connectivity index (χ4v) is 6.59.